The maximum atomic E-state index is 14.1. The third kappa shape index (κ3) is 19.3. The Morgan fingerprint density at radius 3 is 1.02 bits per heavy atom. The molecular weight excluding hydrogens is 1030 g/mol. The third-order valence-corrected chi connectivity index (χ3v) is 16.5. The summed E-state index contributed by atoms with van der Waals surface area (Å²) in [4.78, 5) is 59.3. The van der Waals surface area contributed by atoms with Crippen LogP contribution < -0.4 is 11.1 Å². The molecule has 0 bridgehead atoms. The number of hydrogen-bond acceptors (Lipinski definition) is 12. The molecule has 4 aromatic rings. The minimum Gasteiger partial charge on any atom is -0.493 e. The van der Waals surface area contributed by atoms with Crippen LogP contribution in [0.25, 0.3) is 0 Å². The van der Waals surface area contributed by atoms with Crippen LogP contribution in [0, 0.1) is 60.2 Å². The van der Waals surface area contributed by atoms with Crippen LogP contribution in [0.15, 0.2) is 78.6 Å². The fourth-order valence-electron chi connectivity index (χ4n) is 10.7. The zero-order valence-corrected chi connectivity index (χ0v) is 51.3. The van der Waals surface area contributed by atoms with Crippen LogP contribution in [0.5, 0.6) is 11.8 Å². The Bertz CT molecular complexity index is 2680. The van der Waals surface area contributed by atoms with Crippen molar-refractivity contribution in [1.82, 2.24) is 18.9 Å². The molecule has 16 nitrogen and oxygen atoms in total. The fraction of sp³-hybridized carbons (Fsp3) is 0.606. The van der Waals surface area contributed by atoms with Gasteiger partial charge in [-0.25, -0.2) is 0 Å². The lowest BCUT2D eigenvalue weighted by Crippen LogP contribution is -2.39. The van der Waals surface area contributed by atoms with Crippen LogP contribution in [-0.4, -0.2) is 67.1 Å². The summed E-state index contributed by atoms with van der Waals surface area (Å²) >= 11 is 0. The Kier molecular flexibility index (Phi) is 29.5. The normalized spacial score (nSPS) is 13.0. The van der Waals surface area contributed by atoms with E-state index in [-0.39, 0.29) is 58.5 Å². The van der Waals surface area contributed by atoms with Gasteiger partial charge in [-0.05, 0) is 125 Å². The van der Waals surface area contributed by atoms with Crippen molar-refractivity contribution in [3.8, 4) is 23.9 Å². The molecule has 16 heteroatoms. The Morgan fingerprint density at radius 2 is 0.768 bits per heavy atom. The smallest absolute Gasteiger partial charge is 0.271 e. The van der Waals surface area contributed by atoms with Gasteiger partial charge in [0.25, 0.3) is 22.9 Å². The molecular formula is C66H96N10O6. The van der Waals surface area contributed by atoms with E-state index in [4.69, 9.17) is 0 Å². The van der Waals surface area contributed by atoms with Gasteiger partial charge in [0, 0.05) is 61.5 Å². The van der Waals surface area contributed by atoms with E-state index < -0.39 is 22.9 Å². The van der Waals surface area contributed by atoms with Gasteiger partial charge >= 0.3 is 0 Å². The number of nitrogens with zero attached hydrogens (tertiary/aromatic N) is 10. The van der Waals surface area contributed by atoms with Gasteiger partial charge < -0.3 is 20.0 Å². The number of nitriles is 2. The van der Waals surface area contributed by atoms with Crippen LogP contribution in [0.3, 0.4) is 0 Å². The highest BCUT2D eigenvalue weighted by Crippen LogP contribution is 2.35. The van der Waals surface area contributed by atoms with Gasteiger partial charge in [0.1, 0.15) is 23.3 Å². The monoisotopic (exact) mass is 1120 g/mol. The number of azo groups is 2. The van der Waals surface area contributed by atoms with E-state index in [0.717, 1.165) is 112 Å². The molecule has 2 aromatic heterocycles. The summed E-state index contributed by atoms with van der Waals surface area (Å²) in [5.41, 5.74) is 0.682. The van der Waals surface area contributed by atoms with Crippen LogP contribution in [0.1, 0.15) is 227 Å². The van der Waals surface area contributed by atoms with Gasteiger partial charge in [-0.15, -0.1) is 10.2 Å². The Balaban J connectivity index is 1.46. The summed E-state index contributed by atoms with van der Waals surface area (Å²) < 4.78 is 2.23. The molecule has 2 amide bonds. The van der Waals surface area contributed by atoms with Crippen LogP contribution in [0.2, 0.25) is 0 Å². The molecule has 0 saturated carbocycles. The number of unbranched alkanes of at least 4 members (excludes halogenated alkanes) is 7. The van der Waals surface area contributed by atoms with Crippen LogP contribution in [0.4, 0.5) is 22.7 Å². The highest BCUT2D eigenvalue weighted by Gasteiger charge is 2.26. The zero-order chi connectivity index (χ0) is 60.1. The van der Waals surface area contributed by atoms with Gasteiger partial charge in [0.2, 0.25) is 11.8 Å². The number of carbonyl (C=O) groups is 2. The van der Waals surface area contributed by atoms with Crippen molar-refractivity contribution in [2.24, 2.45) is 44.1 Å². The molecule has 4 unspecified atom stereocenters. The summed E-state index contributed by atoms with van der Waals surface area (Å²) in [6.45, 7) is 23.6. The maximum absolute atomic E-state index is 14.1. The molecule has 4 atom stereocenters. The number of aromatic hydroxyl groups is 2. The van der Waals surface area contributed by atoms with Gasteiger partial charge in [-0.1, -0.05) is 145 Å². The molecule has 0 aliphatic carbocycles. The fourth-order valence-corrected chi connectivity index (χ4v) is 10.7. The van der Waals surface area contributed by atoms with E-state index in [1.54, 1.807) is 62.4 Å². The molecule has 0 radical (unpaired) electrons. The second-order valence-corrected chi connectivity index (χ2v) is 22.5. The number of aromatic nitrogens is 2. The van der Waals surface area contributed by atoms with Crippen molar-refractivity contribution in [3.05, 3.63) is 103 Å². The van der Waals surface area contributed by atoms with Crippen molar-refractivity contribution in [3.63, 3.8) is 0 Å². The summed E-state index contributed by atoms with van der Waals surface area (Å²) in [5.74, 6) is 0.833. The molecule has 82 heavy (non-hydrogen) atoms. The first-order valence-corrected chi connectivity index (χ1v) is 30.9. The van der Waals surface area contributed by atoms with E-state index in [1.165, 1.54) is 0 Å². The molecule has 446 valence electrons. The first-order valence-electron chi connectivity index (χ1n) is 30.9. The van der Waals surface area contributed by atoms with Crippen molar-refractivity contribution in [1.29, 1.82) is 10.5 Å². The third-order valence-electron chi connectivity index (χ3n) is 16.5. The first-order chi connectivity index (χ1) is 39.6. The highest BCUT2D eigenvalue weighted by molar-refractivity contribution is 5.95. The standard InChI is InChI=1S/C66H96N10O6/c1-11-19-27-49(15-5)43-73(44-50(16-6)28-20-12-2)61(77)53-31-35-55(36-32-53)69-71-59-47(9)57(41-67)63(79)75(65(59)81)39-25-23-24-26-40-76-64(80)58(42-68)48(10)60(66(76)82)72-70-56-37-33-54(34-38-56)62(78)74(45-51(17-7)29-21-13-3)46-52(18-8)30-22-14-4/h31-38,49-52,81-82H,11-30,39-40,43-46H2,1-10H3/b71-69+,72-70+. The average molecular weight is 1130 g/mol. The van der Waals surface area contributed by atoms with E-state index in [1.807, 2.05) is 21.9 Å². The topological polar surface area (TPSA) is 222 Å². The quantitative estimate of drug-likeness (QED) is 0.0326. The molecule has 0 spiro atoms. The molecule has 0 saturated heterocycles. The summed E-state index contributed by atoms with van der Waals surface area (Å²) in [6.07, 6.45) is 19.3. The lowest BCUT2D eigenvalue weighted by atomic mass is 9.95. The van der Waals surface area contributed by atoms with Crippen molar-refractivity contribution in [2.45, 2.75) is 211 Å². The Labute approximate surface area is 489 Å². The summed E-state index contributed by atoms with van der Waals surface area (Å²) in [7, 11) is 0. The lowest BCUT2D eigenvalue weighted by Gasteiger charge is -2.31. The van der Waals surface area contributed by atoms with Gasteiger partial charge in [0.05, 0.1) is 11.4 Å². The average Bonchev–Trinajstić information content (AvgIpc) is 3.67. The Hall–Kier alpha value is -6.94. The van der Waals surface area contributed by atoms with Gasteiger partial charge in [-0.3, -0.25) is 28.3 Å². The summed E-state index contributed by atoms with van der Waals surface area (Å²) in [6, 6.07) is 17.7. The number of carbonyl (C=O) groups excluding carboxylic acids is 2. The molecule has 0 aliphatic rings. The molecule has 0 aliphatic heterocycles. The van der Waals surface area contributed by atoms with E-state index >= 15 is 0 Å². The van der Waals surface area contributed by atoms with Gasteiger partial charge in [-0.2, -0.15) is 20.8 Å². The van der Waals surface area contributed by atoms with Crippen molar-refractivity contribution in [2.75, 3.05) is 26.2 Å². The number of benzene rings is 2. The Morgan fingerprint density at radius 1 is 0.476 bits per heavy atom. The minimum atomic E-state index is -0.654. The molecule has 2 heterocycles. The van der Waals surface area contributed by atoms with Crippen molar-refractivity contribution >= 4 is 34.6 Å². The molecule has 0 fully saturated rings. The number of rotatable bonds is 37. The zero-order valence-electron chi connectivity index (χ0n) is 51.3. The predicted molar refractivity (Wildman–Crippen MR) is 328 cm³/mol. The SMILES string of the molecule is CCCCC(CC)CN(CC(CC)CCCC)C(=O)c1ccc(/N=N/c2c(C)c(C#N)c(=O)n(CCCCCCn3c(O)c(/N=N/c4ccc(C(=O)N(CC(CC)CCCC)CC(CC)CCCC)cc4)c(C)c(C#N)c3=O)c2O)cc1. The molecule has 4 rings (SSSR count). The second kappa shape index (κ2) is 35.8. The predicted octanol–water partition coefficient (Wildman–Crippen LogP) is 16.6. The van der Waals surface area contributed by atoms with E-state index in [9.17, 15) is 39.9 Å². The van der Waals surface area contributed by atoms with Crippen LogP contribution in [-0.2, 0) is 13.1 Å². The summed E-state index contributed by atoms with van der Waals surface area (Å²) in [5, 5.41) is 60.3. The lowest BCUT2D eigenvalue weighted by molar-refractivity contribution is 0.0678. The van der Waals surface area contributed by atoms with E-state index in [2.05, 4.69) is 75.8 Å². The molecule has 2 aromatic carbocycles. The maximum Gasteiger partial charge on any atom is 0.271 e. The number of amides is 2. The first kappa shape index (κ1) is 67.6. The molecule has 2 N–H and O–H groups in total. The largest absolute Gasteiger partial charge is 0.493 e. The van der Waals surface area contributed by atoms with Crippen molar-refractivity contribution < 1.29 is 19.8 Å². The highest BCUT2D eigenvalue weighted by atomic mass is 16.3. The minimum absolute atomic E-state index is 0.0116. The second-order valence-electron chi connectivity index (χ2n) is 22.5. The van der Waals surface area contributed by atoms with E-state index in [0.29, 0.717) is 98.0 Å². The number of pyridine rings is 2. The van der Waals surface area contributed by atoms with Crippen LogP contribution >= 0.6 is 0 Å². The number of hydrogen-bond donors (Lipinski definition) is 2. The van der Waals surface area contributed by atoms with Gasteiger partial charge in [0.15, 0.2) is 11.4 Å².